The molecule has 1 unspecified atom stereocenters. The molecule has 1 aromatic heterocycles. The van der Waals surface area contributed by atoms with Crippen molar-refractivity contribution in [3.8, 4) is 0 Å². The number of aromatic nitrogens is 1. The second-order valence-corrected chi connectivity index (χ2v) is 3.88. The Morgan fingerprint density at radius 2 is 2.13 bits per heavy atom. The number of rotatable bonds is 4. The molecule has 15 heavy (non-hydrogen) atoms. The number of pyridine rings is 1. The van der Waals surface area contributed by atoms with Crippen LogP contribution in [0.4, 0.5) is 5.69 Å². The summed E-state index contributed by atoms with van der Waals surface area (Å²) in [5.41, 5.74) is 0.649. The number of hydrogen-bond donors (Lipinski definition) is 2. The quantitative estimate of drug-likeness (QED) is 0.796. The maximum Gasteiger partial charge on any atom is 0.356 e. The van der Waals surface area contributed by atoms with E-state index in [2.05, 4.69) is 24.1 Å². The minimum Gasteiger partial charge on any atom is -0.476 e. The third-order valence-electron chi connectivity index (χ3n) is 2.39. The summed E-state index contributed by atoms with van der Waals surface area (Å²) in [5.74, 6) is -0.569. The van der Waals surface area contributed by atoms with Gasteiger partial charge in [-0.1, -0.05) is 13.8 Å². The molecule has 2 N–H and O–H groups in total. The van der Waals surface area contributed by atoms with Crippen molar-refractivity contribution in [2.45, 2.75) is 26.8 Å². The van der Waals surface area contributed by atoms with Gasteiger partial charge in [-0.3, -0.25) is 0 Å². The highest BCUT2D eigenvalue weighted by molar-refractivity contribution is 5.91. The molecule has 0 aliphatic rings. The Morgan fingerprint density at radius 1 is 1.47 bits per heavy atom. The van der Waals surface area contributed by atoms with Gasteiger partial charge in [-0.05, 0) is 25.0 Å². The highest BCUT2D eigenvalue weighted by Crippen LogP contribution is 2.15. The van der Waals surface area contributed by atoms with E-state index in [0.717, 1.165) is 0 Å². The average molecular weight is 208 g/mol. The van der Waals surface area contributed by atoms with Crippen LogP contribution in [0.2, 0.25) is 0 Å². The monoisotopic (exact) mass is 208 g/mol. The Hall–Kier alpha value is -1.58. The standard InChI is InChI=1S/C11H16N2O2/c1-7(2)8(3)13-9-5-4-6-12-10(9)11(14)15/h4-8,13H,1-3H3,(H,14,15). The molecule has 4 heteroatoms. The fraction of sp³-hybridized carbons (Fsp3) is 0.455. The lowest BCUT2D eigenvalue weighted by Gasteiger charge is -2.19. The molecular weight excluding hydrogens is 192 g/mol. The van der Waals surface area contributed by atoms with Gasteiger partial charge >= 0.3 is 5.97 Å². The van der Waals surface area contributed by atoms with Gasteiger partial charge in [0.15, 0.2) is 5.69 Å². The molecule has 0 saturated heterocycles. The first-order chi connectivity index (χ1) is 7.02. The number of carboxylic acid groups (broad SMARTS) is 1. The molecular formula is C11H16N2O2. The van der Waals surface area contributed by atoms with E-state index in [1.165, 1.54) is 6.20 Å². The van der Waals surface area contributed by atoms with E-state index < -0.39 is 5.97 Å². The molecule has 0 aliphatic heterocycles. The predicted molar refractivity (Wildman–Crippen MR) is 59.1 cm³/mol. The Labute approximate surface area is 89.3 Å². The number of nitrogens with one attached hydrogen (secondary N) is 1. The zero-order chi connectivity index (χ0) is 11.4. The van der Waals surface area contributed by atoms with Crippen molar-refractivity contribution in [3.05, 3.63) is 24.0 Å². The zero-order valence-electron chi connectivity index (χ0n) is 9.19. The van der Waals surface area contributed by atoms with Gasteiger partial charge in [0, 0.05) is 12.2 Å². The number of aromatic carboxylic acids is 1. The third-order valence-corrected chi connectivity index (χ3v) is 2.39. The fourth-order valence-electron chi connectivity index (χ4n) is 1.10. The van der Waals surface area contributed by atoms with E-state index in [-0.39, 0.29) is 11.7 Å². The smallest absolute Gasteiger partial charge is 0.356 e. The molecule has 0 radical (unpaired) electrons. The van der Waals surface area contributed by atoms with Gasteiger partial charge < -0.3 is 10.4 Å². The second kappa shape index (κ2) is 4.77. The second-order valence-electron chi connectivity index (χ2n) is 3.88. The van der Waals surface area contributed by atoms with E-state index in [1.807, 2.05) is 6.92 Å². The van der Waals surface area contributed by atoms with E-state index in [1.54, 1.807) is 12.1 Å². The van der Waals surface area contributed by atoms with Crippen LogP contribution in [0.15, 0.2) is 18.3 Å². The highest BCUT2D eigenvalue weighted by Gasteiger charge is 2.14. The summed E-state index contributed by atoms with van der Waals surface area (Å²) in [5, 5.41) is 12.1. The normalized spacial score (nSPS) is 12.5. The van der Waals surface area contributed by atoms with Gasteiger partial charge in [0.05, 0.1) is 5.69 Å². The summed E-state index contributed by atoms with van der Waals surface area (Å²) in [6, 6.07) is 3.67. The summed E-state index contributed by atoms with van der Waals surface area (Å²) < 4.78 is 0. The summed E-state index contributed by atoms with van der Waals surface area (Å²) in [4.78, 5) is 14.7. The molecule has 0 fully saturated rings. The Morgan fingerprint density at radius 3 is 2.67 bits per heavy atom. The van der Waals surface area contributed by atoms with Gasteiger partial charge in [0.1, 0.15) is 0 Å². The molecule has 82 valence electrons. The van der Waals surface area contributed by atoms with Gasteiger partial charge in [-0.15, -0.1) is 0 Å². The van der Waals surface area contributed by atoms with Crippen LogP contribution in [-0.4, -0.2) is 22.1 Å². The van der Waals surface area contributed by atoms with Crippen molar-refractivity contribution < 1.29 is 9.90 Å². The van der Waals surface area contributed by atoms with Crippen LogP contribution >= 0.6 is 0 Å². The highest BCUT2D eigenvalue weighted by atomic mass is 16.4. The molecule has 0 amide bonds. The molecule has 1 heterocycles. The number of anilines is 1. The van der Waals surface area contributed by atoms with Crippen LogP contribution in [0.5, 0.6) is 0 Å². The molecule has 1 atom stereocenters. The number of carbonyl (C=O) groups is 1. The number of carboxylic acids is 1. The van der Waals surface area contributed by atoms with Crippen LogP contribution in [0.3, 0.4) is 0 Å². The Balaban J connectivity index is 2.89. The Kier molecular flexibility index (Phi) is 3.66. The van der Waals surface area contributed by atoms with Gasteiger partial charge in [0.25, 0.3) is 0 Å². The Bertz CT molecular complexity index is 350. The van der Waals surface area contributed by atoms with Crippen molar-refractivity contribution in [2.75, 3.05) is 5.32 Å². The molecule has 4 nitrogen and oxygen atoms in total. The van der Waals surface area contributed by atoms with Crippen molar-refractivity contribution >= 4 is 11.7 Å². The lowest BCUT2D eigenvalue weighted by atomic mass is 10.1. The van der Waals surface area contributed by atoms with E-state index in [4.69, 9.17) is 5.11 Å². The fourth-order valence-corrected chi connectivity index (χ4v) is 1.10. The maximum atomic E-state index is 10.9. The molecule has 1 rings (SSSR count). The van der Waals surface area contributed by atoms with Crippen LogP contribution < -0.4 is 5.32 Å². The molecule has 0 bridgehead atoms. The van der Waals surface area contributed by atoms with Gasteiger partial charge in [-0.2, -0.15) is 0 Å². The summed E-state index contributed by atoms with van der Waals surface area (Å²) in [6.07, 6.45) is 1.48. The van der Waals surface area contributed by atoms with E-state index in [9.17, 15) is 4.79 Å². The first kappa shape index (κ1) is 11.5. The molecule has 0 saturated carbocycles. The van der Waals surface area contributed by atoms with Crippen molar-refractivity contribution in [2.24, 2.45) is 5.92 Å². The van der Waals surface area contributed by atoms with Crippen LogP contribution in [-0.2, 0) is 0 Å². The van der Waals surface area contributed by atoms with Crippen LogP contribution in [0.25, 0.3) is 0 Å². The lowest BCUT2D eigenvalue weighted by Crippen LogP contribution is -2.23. The van der Waals surface area contributed by atoms with Crippen molar-refractivity contribution in [3.63, 3.8) is 0 Å². The summed E-state index contributed by atoms with van der Waals surface area (Å²) >= 11 is 0. The van der Waals surface area contributed by atoms with Crippen LogP contribution in [0, 0.1) is 5.92 Å². The molecule has 0 spiro atoms. The minimum absolute atomic E-state index is 0.0741. The topological polar surface area (TPSA) is 62.2 Å². The number of nitrogens with zero attached hydrogens (tertiary/aromatic N) is 1. The SMILES string of the molecule is CC(C)C(C)Nc1cccnc1C(=O)O. The van der Waals surface area contributed by atoms with Crippen molar-refractivity contribution in [1.29, 1.82) is 0 Å². The van der Waals surface area contributed by atoms with Crippen LogP contribution in [0.1, 0.15) is 31.3 Å². The minimum atomic E-state index is -1.01. The van der Waals surface area contributed by atoms with E-state index in [0.29, 0.717) is 11.6 Å². The van der Waals surface area contributed by atoms with Crippen molar-refractivity contribution in [1.82, 2.24) is 4.98 Å². The lowest BCUT2D eigenvalue weighted by molar-refractivity contribution is 0.0691. The largest absolute Gasteiger partial charge is 0.476 e. The molecule has 0 aliphatic carbocycles. The number of hydrogen-bond acceptors (Lipinski definition) is 3. The van der Waals surface area contributed by atoms with Gasteiger partial charge in [0.2, 0.25) is 0 Å². The first-order valence-corrected chi connectivity index (χ1v) is 4.97. The maximum absolute atomic E-state index is 10.9. The first-order valence-electron chi connectivity index (χ1n) is 4.97. The van der Waals surface area contributed by atoms with E-state index >= 15 is 0 Å². The molecule has 1 aromatic rings. The van der Waals surface area contributed by atoms with Gasteiger partial charge in [-0.25, -0.2) is 9.78 Å². The zero-order valence-corrected chi connectivity index (χ0v) is 9.19. The average Bonchev–Trinajstić information content (AvgIpc) is 2.18. The molecule has 0 aromatic carbocycles. The summed E-state index contributed by atoms with van der Waals surface area (Å²) in [7, 11) is 0. The predicted octanol–water partition coefficient (Wildman–Crippen LogP) is 2.24. The summed E-state index contributed by atoms with van der Waals surface area (Å²) in [6.45, 7) is 6.17. The third kappa shape index (κ3) is 2.94.